The normalized spacial score (nSPS) is 10.4. The molecule has 0 fully saturated rings. The smallest absolute Gasteiger partial charge is 0.168 e. The van der Waals surface area contributed by atoms with Crippen molar-refractivity contribution in [1.29, 1.82) is 0 Å². The molecule has 2 rings (SSSR count). The molecule has 2 nitrogen and oxygen atoms in total. The molecule has 0 aliphatic carbocycles. The summed E-state index contributed by atoms with van der Waals surface area (Å²) in [4.78, 5) is 0. The zero-order valence-electron chi connectivity index (χ0n) is 9.78. The van der Waals surface area contributed by atoms with Gasteiger partial charge in [0.05, 0.1) is 11.6 Å². The molecule has 4 heteroatoms. The Bertz CT molecular complexity index is 570. The van der Waals surface area contributed by atoms with E-state index in [1.807, 2.05) is 0 Å². The fraction of sp³-hybridized carbons (Fsp3) is 0.143. The van der Waals surface area contributed by atoms with Gasteiger partial charge in [-0.25, -0.2) is 4.39 Å². The van der Waals surface area contributed by atoms with E-state index in [1.54, 1.807) is 43.3 Å². The highest BCUT2D eigenvalue weighted by molar-refractivity contribution is 6.32. The van der Waals surface area contributed by atoms with E-state index in [4.69, 9.17) is 21.4 Å². The van der Waals surface area contributed by atoms with E-state index < -0.39 is 5.82 Å². The maximum Gasteiger partial charge on any atom is 0.168 e. The Balaban J connectivity index is 2.31. The third kappa shape index (κ3) is 2.63. The lowest BCUT2D eigenvalue weighted by Crippen LogP contribution is -1.92. The SMILES string of the molecule is Cc1cccc(Oc2ccc(CO)cc2Cl)c1F. The minimum absolute atomic E-state index is 0.0984. The van der Waals surface area contributed by atoms with Gasteiger partial charge in [0.2, 0.25) is 0 Å². The minimum Gasteiger partial charge on any atom is -0.453 e. The summed E-state index contributed by atoms with van der Waals surface area (Å²) in [6, 6.07) is 9.79. The van der Waals surface area contributed by atoms with Gasteiger partial charge in [-0.05, 0) is 36.2 Å². The molecule has 0 amide bonds. The summed E-state index contributed by atoms with van der Waals surface area (Å²) in [5.74, 6) is 0.0896. The van der Waals surface area contributed by atoms with E-state index in [-0.39, 0.29) is 12.4 Å². The number of aryl methyl sites for hydroxylation is 1. The van der Waals surface area contributed by atoms with Crippen LogP contribution in [0.2, 0.25) is 5.02 Å². The van der Waals surface area contributed by atoms with Gasteiger partial charge < -0.3 is 9.84 Å². The van der Waals surface area contributed by atoms with Crippen LogP contribution in [0.1, 0.15) is 11.1 Å². The first-order valence-electron chi connectivity index (χ1n) is 5.44. The average Bonchev–Trinajstić information content (AvgIpc) is 2.37. The van der Waals surface area contributed by atoms with Crippen molar-refractivity contribution in [2.24, 2.45) is 0 Å². The van der Waals surface area contributed by atoms with E-state index in [1.165, 1.54) is 0 Å². The molecule has 0 aliphatic rings. The minimum atomic E-state index is -0.403. The molecule has 0 spiro atoms. The van der Waals surface area contributed by atoms with Gasteiger partial charge in [-0.2, -0.15) is 0 Å². The van der Waals surface area contributed by atoms with Crippen LogP contribution in [0.25, 0.3) is 0 Å². The van der Waals surface area contributed by atoms with Crippen molar-refractivity contribution < 1.29 is 14.2 Å². The number of rotatable bonds is 3. The van der Waals surface area contributed by atoms with E-state index in [2.05, 4.69) is 0 Å². The molecular weight excluding hydrogens is 255 g/mol. The van der Waals surface area contributed by atoms with Crippen LogP contribution in [0.4, 0.5) is 4.39 Å². The summed E-state index contributed by atoms with van der Waals surface area (Å²) < 4.78 is 19.2. The van der Waals surface area contributed by atoms with Gasteiger partial charge in [0.15, 0.2) is 11.6 Å². The molecule has 1 N–H and O–H groups in total. The lowest BCUT2D eigenvalue weighted by molar-refractivity contribution is 0.281. The number of ether oxygens (including phenoxy) is 1. The largest absolute Gasteiger partial charge is 0.453 e. The van der Waals surface area contributed by atoms with Gasteiger partial charge in [0, 0.05) is 0 Å². The van der Waals surface area contributed by atoms with Gasteiger partial charge in [-0.3, -0.25) is 0 Å². The summed E-state index contributed by atoms with van der Waals surface area (Å²) in [7, 11) is 0. The molecular formula is C14H12ClFO2. The first-order chi connectivity index (χ1) is 8.61. The van der Waals surface area contributed by atoms with Crippen LogP contribution in [0.3, 0.4) is 0 Å². The highest BCUT2D eigenvalue weighted by Crippen LogP contribution is 2.32. The van der Waals surface area contributed by atoms with E-state index in [9.17, 15) is 4.39 Å². The van der Waals surface area contributed by atoms with Gasteiger partial charge >= 0.3 is 0 Å². The van der Waals surface area contributed by atoms with E-state index >= 15 is 0 Å². The van der Waals surface area contributed by atoms with Gasteiger partial charge in [0.25, 0.3) is 0 Å². The summed E-state index contributed by atoms with van der Waals surface area (Å²) in [6.45, 7) is 1.57. The third-order valence-corrected chi connectivity index (χ3v) is 2.85. The summed E-state index contributed by atoms with van der Waals surface area (Å²) in [5, 5.41) is 9.30. The second-order valence-corrected chi connectivity index (χ2v) is 4.32. The number of hydrogen-bond acceptors (Lipinski definition) is 2. The molecule has 0 saturated heterocycles. The van der Waals surface area contributed by atoms with Crippen molar-refractivity contribution >= 4 is 11.6 Å². The predicted octanol–water partition coefficient (Wildman–Crippen LogP) is 4.07. The molecule has 0 atom stereocenters. The lowest BCUT2D eigenvalue weighted by atomic mass is 10.2. The topological polar surface area (TPSA) is 29.5 Å². The quantitative estimate of drug-likeness (QED) is 0.907. The van der Waals surface area contributed by atoms with Crippen LogP contribution in [0.5, 0.6) is 11.5 Å². The highest BCUT2D eigenvalue weighted by Gasteiger charge is 2.09. The van der Waals surface area contributed by atoms with Crippen LogP contribution in [0, 0.1) is 12.7 Å². The standard InChI is InChI=1S/C14H12ClFO2/c1-9-3-2-4-13(14(9)16)18-12-6-5-10(8-17)7-11(12)15/h2-7,17H,8H2,1H3. The molecule has 0 bridgehead atoms. The first kappa shape index (κ1) is 12.9. The number of aliphatic hydroxyl groups excluding tert-OH is 1. The van der Waals surface area contributed by atoms with E-state index in [0.717, 1.165) is 0 Å². The van der Waals surface area contributed by atoms with Crippen LogP contribution >= 0.6 is 11.6 Å². The molecule has 18 heavy (non-hydrogen) atoms. The van der Waals surface area contributed by atoms with Crippen molar-refractivity contribution in [2.75, 3.05) is 0 Å². The van der Waals surface area contributed by atoms with Gasteiger partial charge in [-0.15, -0.1) is 0 Å². The van der Waals surface area contributed by atoms with Crippen LogP contribution in [0.15, 0.2) is 36.4 Å². The maximum atomic E-state index is 13.8. The average molecular weight is 267 g/mol. The fourth-order valence-electron chi connectivity index (χ4n) is 1.54. The molecule has 0 aromatic heterocycles. The zero-order valence-corrected chi connectivity index (χ0v) is 10.5. The van der Waals surface area contributed by atoms with Crippen molar-refractivity contribution in [3.63, 3.8) is 0 Å². The molecule has 2 aromatic rings. The molecule has 0 radical (unpaired) electrons. The molecule has 94 valence electrons. The predicted molar refractivity (Wildman–Crippen MR) is 68.6 cm³/mol. The lowest BCUT2D eigenvalue weighted by Gasteiger charge is -2.10. The van der Waals surface area contributed by atoms with Gasteiger partial charge in [-0.1, -0.05) is 29.8 Å². The molecule has 0 unspecified atom stereocenters. The Kier molecular flexibility index (Phi) is 3.84. The number of halogens is 2. The van der Waals surface area contributed by atoms with Crippen LogP contribution in [-0.4, -0.2) is 5.11 Å². The highest BCUT2D eigenvalue weighted by atomic mass is 35.5. The van der Waals surface area contributed by atoms with Crippen molar-refractivity contribution in [3.05, 3.63) is 58.4 Å². The Morgan fingerprint density at radius 3 is 2.67 bits per heavy atom. The molecule has 2 aromatic carbocycles. The second-order valence-electron chi connectivity index (χ2n) is 3.91. The summed E-state index contributed by atoms with van der Waals surface area (Å²) in [5.41, 5.74) is 1.19. The number of aliphatic hydroxyl groups is 1. The zero-order chi connectivity index (χ0) is 13.1. The number of benzene rings is 2. The van der Waals surface area contributed by atoms with Crippen molar-refractivity contribution in [2.45, 2.75) is 13.5 Å². The second kappa shape index (κ2) is 5.38. The Morgan fingerprint density at radius 2 is 2.00 bits per heavy atom. The van der Waals surface area contributed by atoms with Crippen molar-refractivity contribution in [3.8, 4) is 11.5 Å². The Morgan fingerprint density at radius 1 is 1.22 bits per heavy atom. The molecule has 0 saturated carbocycles. The fourth-order valence-corrected chi connectivity index (χ4v) is 1.78. The molecule has 0 heterocycles. The van der Waals surface area contributed by atoms with Gasteiger partial charge in [0.1, 0.15) is 5.75 Å². The Labute approximate surface area is 110 Å². The first-order valence-corrected chi connectivity index (χ1v) is 5.82. The van der Waals surface area contributed by atoms with Crippen LogP contribution in [-0.2, 0) is 6.61 Å². The third-order valence-electron chi connectivity index (χ3n) is 2.56. The van der Waals surface area contributed by atoms with Crippen molar-refractivity contribution in [1.82, 2.24) is 0 Å². The van der Waals surface area contributed by atoms with E-state index in [0.29, 0.717) is 21.9 Å². The summed E-state index contributed by atoms with van der Waals surface area (Å²) >= 11 is 5.99. The number of hydrogen-bond donors (Lipinski definition) is 1. The van der Waals surface area contributed by atoms with Crippen LogP contribution < -0.4 is 4.74 Å². The summed E-state index contributed by atoms with van der Waals surface area (Å²) in [6.07, 6.45) is 0. The monoisotopic (exact) mass is 266 g/mol. The Hall–Kier alpha value is -1.58. The maximum absolute atomic E-state index is 13.8. The molecule has 0 aliphatic heterocycles.